The van der Waals surface area contributed by atoms with E-state index in [9.17, 15) is 10.1 Å². The number of aromatic nitrogens is 2. The summed E-state index contributed by atoms with van der Waals surface area (Å²) in [5.74, 6) is 0.484. The minimum Gasteiger partial charge on any atom is -0.357 e. The SMILES string of the molecule is CNC(=O)C1CCCN1c1nnc(C)c(C)c1C#N. The van der Waals surface area contributed by atoms with Crippen LogP contribution in [0.25, 0.3) is 0 Å². The van der Waals surface area contributed by atoms with E-state index in [0.717, 1.165) is 30.6 Å². The average molecular weight is 259 g/mol. The Morgan fingerprint density at radius 3 is 2.84 bits per heavy atom. The van der Waals surface area contributed by atoms with Gasteiger partial charge in [0.2, 0.25) is 5.91 Å². The predicted octanol–water partition coefficient (Wildman–Crippen LogP) is 0.680. The van der Waals surface area contributed by atoms with Crippen LogP contribution in [0.2, 0.25) is 0 Å². The summed E-state index contributed by atoms with van der Waals surface area (Å²) >= 11 is 0. The molecule has 0 bridgehead atoms. The maximum atomic E-state index is 11.9. The highest BCUT2D eigenvalue weighted by Crippen LogP contribution is 2.28. The number of nitrogens with zero attached hydrogens (tertiary/aromatic N) is 4. The fourth-order valence-electron chi connectivity index (χ4n) is 2.39. The average Bonchev–Trinajstić information content (AvgIpc) is 2.89. The number of anilines is 1. The molecule has 0 aliphatic carbocycles. The Balaban J connectivity index is 2.45. The third kappa shape index (κ3) is 2.24. The van der Waals surface area contributed by atoms with E-state index in [1.807, 2.05) is 18.7 Å². The number of nitriles is 1. The van der Waals surface area contributed by atoms with Crippen molar-refractivity contribution in [3.8, 4) is 6.07 Å². The normalized spacial score (nSPS) is 18.2. The van der Waals surface area contributed by atoms with Gasteiger partial charge in [-0.1, -0.05) is 0 Å². The second-order valence-electron chi connectivity index (χ2n) is 4.69. The lowest BCUT2D eigenvalue weighted by Crippen LogP contribution is -2.42. The third-order valence-corrected chi connectivity index (χ3v) is 3.62. The van der Waals surface area contributed by atoms with Gasteiger partial charge in [0.15, 0.2) is 5.82 Å². The van der Waals surface area contributed by atoms with Gasteiger partial charge in [0.25, 0.3) is 0 Å². The first-order valence-corrected chi connectivity index (χ1v) is 6.32. The predicted molar refractivity (Wildman–Crippen MR) is 70.7 cm³/mol. The standard InChI is InChI=1S/C13H17N5O/c1-8-9(2)16-17-12(10(8)7-14)18-6-4-5-11(18)13(19)15-3/h11H,4-6H2,1-3H3,(H,15,19). The van der Waals surface area contributed by atoms with Gasteiger partial charge in [-0.3, -0.25) is 4.79 Å². The van der Waals surface area contributed by atoms with Crippen LogP contribution >= 0.6 is 0 Å². The molecule has 1 aromatic heterocycles. The summed E-state index contributed by atoms with van der Waals surface area (Å²) in [7, 11) is 1.62. The summed E-state index contributed by atoms with van der Waals surface area (Å²) in [6.45, 7) is 4.41. The smallest absolute Gasteiger partial charge is 0.242 e. The number of hydrogen-bond donors (Lipinski definition) is 1. The second kappa shape index (κ2) is 5.22. The molecule has 0 spiro atoms. The molecule has 6 heteroatoms. The zero-order valence-corrected chi connectivity index (χ0v) is 11.4. The van der Waals surface area contributed by atoms with E-state index in [1.54, 1.807) is 7.05 Å². The quantitative estimate of drug-likeness (QED) is 0.844. The van der Waals surface area contributed by atoms with E-state index in [4.69, 9.17) is 0 Å². The molecular formula is C13H17N5O. The van der Waals surface area contributed by atoms with Crippen molar-refractivity contribution in [2.45, 2.75) is 32.7 Å². The molecule has 2 rings (SSSR count). The summed E-state index contributed by atoms with van der Waals surface area (Å²) in [4.78, 5) is 13.8. The molecule has 1 unspecified atom stereocenters. The zero-order chi connectivity index (χ0) is 14.0. The third-order valence-electron chi connectivity index (χ3n) is 3.62. The summed E-state index contributed by atoms with van der Waals surface area (Å²) < 4.78 is 0. The van der Waals surface area contributed by atoms with Gasteiger partial charge in [0, 0.05) is 13.6 Å². The summed E-state index contributed by atoms with van der Waals surface area (Å²) in [5, 5.41) is 20.2. The largest absolute Gasteiger partial charge is 0.357 e. The molecule has 0 radical (unpaired) electrons. The van der Waals surface area contributed by atoms with Crippen molar-refractivity contribution < 1.29 is 4.79 Å². The first-order chi connectivity index (χ1) is 9.10. The Bertz CT molecular complexity index is 549. The van der Waals surface area contributed by atoms with Crippen LogP contribution in [0.4, 0.5) is 5.82 Å². The molecule has 1 atom stereocenters. The van der Waals surface area contributed by atoms with Crippen molar-refractivity contribution >= 4 is 11.7 Å². The first-order valence-electron chi connectivity index (χ1n) is 6.32. The van der Waals surface area contributed by atoms with Gasteiger partial charge < -0.3 is 10.2 Å². The Kier molecular flexibility index (Phi) is 3.65. The van der Waals surface area contributed by atoms with Crippen LogP contribution in [0, 0.1) is 25.2 Å². The van der Waals surface area contributed by atoms with Crippen LogP contribution in [-0.2, 0) is 4.79 Å². The fraction of sp³-hybridized carbons (Fsp3) is 0.538. The molecule has 1 amide bonds. The van der Waals surface area contributed by atoms with E-state index in [2.05, 4.69) is 21.6 Å². The minimum absolute atomic E-state index is 0.0404. The van der Waals surface area contributed by atoms with Crippen LogP contribution in [0.3, 0.4) is 0 Å². The lowest BCUT2D eigenvalue weighted by Gasteiger charge is -2.25. The molecule has 1 aliphatic heterocycles. The Labute approximate surface area is 112 Å². The lowest BCUT2D eigenvalue weighted by atomic mass is 10.1. The number of hydrogen-bond acceptors (Lipinski definition) is 5. The molecule has 6 nitrogen and oxygen atoms in total. The molecule has 1 N–H and O–H groups in total. The topological polar surface area (TPSA) is 81.9 Å². The second-order valence-corrected chi connectivity index (χ2v) is 4.69. The molecule has 2 heterocycles. The van der Waals surface area contributed by atoms with Crippen molar-refractivity contribution in [3.05, 3.63) is 16.8 Å². The van der Waals surface area contributed by atoms with E-state index in [0.29, 0.717) is 11.4 Å². The number of rotatable bonds is 2. The Morgan fingerprint density at radius 1 is 1.47 bits per heavy atom. The van der Waals surface area contributed by atoms with E-state index in [1.165, 1.54) is 0 Å². The number of amides is 1. The molecule has 1 saturated heterocycles. The first kappa shape index (κ1) is 13.3. The number of carbonyl (C=O) groups excluding carboxylic acids is 1. The molecule has 19 heavy (non-hydrogen) atoms. The molecule has 100 valence electrons. The van der Waals surface area contributed by atoms with Gasteiger partial charge in [-0.25, -0.2) is 0 Å². The maximum Gasteiger partial charge on any atom is 0.242 e. The summed E-state index contributed by atoms with van der Waals surface area (Å²) in [6, 6.07) is 1.93. The molecule has 1 aromatic rings. The molecule has 1 aliphatic rings. The van der Waals surface area contributed by atoms with Crippen LogP contribution < -0.4 is 10.2 Å². The zero-order valence-electron chi connectivity index (χ0n) is 11.4. The highest BCUT2D eigenvalue weighted by Gasteiger charge is 2.33. The summed E-state index contributed by atoms with van der Waals surface area (Å²) in [5.41, 5.74) is 2.09. The van der Waals surface area contributed by atoms with Crippen LogP contribution in [0.15, 0.2) is 0 Å². The molecular weight excluding hydrogens is 242 g/mol. The van der Waals surface area contributed by atoms with Crippen molar-refractivity contribution in [3.63, 3.8) is 0 Å². The van der Waals surface area contributed by atoms with Crippen molar-refractivity contribution in [1.29, 1.82) is 5.26 Å². The van der Waals surface area contributed by atoms with E-state index < -0.39 is 0 Å². The van der Waals surface area contributed by atoms with Crippen LogP contribution in [0.1, 0.15) is 29.7 Å². The number of nitrogens with one attached hydrogen (secondary N) is 1. The number of likely N-dealkylation sites (N-methyl/N-ethyl adjacent to an activating group) is 1. The summed E-state index contributed by atoms with van der Waals surface area (Å²) in [6.07, 6.45) is 1.69. The van der Waals surface area contributed by atoms with Crippen LogP contribution in [0.5, 0.6) is 0 Å². The van der Waals surface area contributed by atoms with E-state index in [-0.39, 0.29) is 11.9 Å². The monoisotopic (exact) mass is 259 g/mol. The van der Waals surface area contributed by atoms with Crippen molar-refractivity contribution in [2.75, 3.05) is 18.5 Å². The van der Waals surface area contributed by atoms with Gasteiger partial charge >= 0.3 is 0 Å². The van der Waals surface area contributed by atoms with Crippen LogP contribution in [-0.4, -0.2) is 35.7 Å². The van der Waals surface area contributed by atoms with Gasteiger partial charge in [0.05, 0.1) is 5.69 Å². The Morgan fingerprint density at radius 2 is 2.21 bits per heavy atom. The molecule has 0 aromatic carbocycles. The van der Waals surface area contributed by atoms with Crippen molar-refractivity contribution in [1.82, 2.24) is 15.5 Å². The van der Waals surface area contributed by atoms with Crippen molar-refractivity contribution in [2.24, 2.45) is 0 Å². The maximum absolute atomic E-state index is 11.9. The van der Waals surface area contributed by atoms with Gasteiger partial charge in [-0.2, -0.15) is 10.4 Å². The molecule has 0 saturated carbocycles. The van der Waals surface area contributed by atoms with Gasteiger partial charge in [0.1, 0.15) is 17.7 Å². The fourth-order valence-corrected chi connectivity index (χ4v) is 2.39. The highest BCUT2D eigenvalue weighted by atomic mass is 16.2. The molecule has 1 fully saturated rings. The van der Waals surface area contributed by atoms with Gasteiger partial charge in [-0.15, -0.1) is 5.10 Å². The minimum atomic E-state index is -0.256. The highest BCUT2D eigenvalue weighted by molar-refractivity contribution is 5.85. The van der Waals surface area contributed by atoms with E-state index >= 15 is 0 Å². The number of aryl methyl sites for hydroxylation is 1. The Hall–Kier alpha value is -2.16. The lowest BCUT2D eigenvalue weighted by molar-refractivity contribution is -0.121. The number of carbonyl (C=O) groups is 1. The van der Waals surface area contributed by atoms with Gasteiger partial charge in [-0.05, 0) is 32.3 Å².